The van der Waals surface area contributed by atoms with Crippen LogP contribution in [0.1, 0.15) is 40.4 Å². The fourth-order valence-electron chi connectivity index (χ4n) is 2.69. The lowest BCUT2D eigenvalue weighted by molar-refractivity contribution is 0.0932. The third-order valence-electron chi connectivity index (χ3n) is 3.66. The minimum Gasteiger partial charge on any atom is -0.345 e. The summed E-state index contributed by atoms with van der Waals surface area (Å²) in [7, 11) is 0. The highest BCUT2D eigenvalue weighted by Gasteiger charge is 2.21. The van der Waals surface area contributed by atoms with E-state index in [2.05, 4.69) is 22.4 Å². The van der Waals surface area contributed by atoms with Crippen molar-refractivity contribution in [3.8, 4) is 0 Å². The Balaban J connectivity index is 1.81. The number of carbonyl (C=O) groups is 1. The first-order chi connectivity index (χ1) is 9.74. The standard InChI is InChI=1S/C16H15ClN2O/c17-15-10-12(8-9-18-15)16(20)19-14-7-3-5-11-4-1-2-6-13(11)14/h1-2,4,6,8-10,14H,3,5,7H2,(H,19,20)/t14-/m1/s1. The van der Waals surface area contributed by atoms with E-state index in [0.29, 0.717) is 10.7 Å². The summed E-state index contributed by atoms with van der Waals surface area (Å²) < 4.78 is 0. The van der Waals surface area contributed by atoms with Gasteiger partial charge in [-0.25, -0.2) is 4.98 Å². The van der Waals surface area contributed by atoms with E-state index in [1.165, 1.54) is 11.1 Å². The van der Waals surface area contributed by atoms with Crippen molar-refractivity contribution in [3.05, 3.63) is 64.4 Å². The number of rotatable bonds is 2. The summed E-state index contributed by atoms with van der Waals surface area (Å²) in [6, 6.07) is 11.6. The fourth-order valence-corrected chi connectivity index (χ4v) is 2.86. The van der Waals surface area contributed by atoms with Gasteiger partial charge in [0.05, 0.1) is 6.04 Å². The maximum Gasteiger partial charge on any atom is 0.251 e. The molecule has 0 radical (unpaired) electrons. The average molecular weight is 287 g/mol. The molecule has 0 spiro atoms. The molecule has 1 heterocycles. The SMILES string of the molecule is O=C(N[C@@H]1CCCc2ccccc21)c1ccnc(Cl)c1. The molecule has 2 aromatic rings. The largest absolute Gasteiger partial charge is 0.345 e. The number of benzene rings is 1. The summed E-state index contributed by atoms with van der Waals surface area (Å²) in [4.78, 5) is 16.2. The Kier molecular flexibility index (Phi) is 3.70. The van der Waals surface area contributed by atoms with Crippen LogP contribution in [-0.4, -0.2) is 10.9 Å². The van der Waals surface area contributed by atoms with Crippen LogP contribution in [0.4, 0.5) is 0 Å². The Morgan fingerprint density at radius 1 is 1.30 bits per heavy atom. The van der Waals surface area contributed by atoms with Gasteiger partial charge in [0.1, 0.15) is 5.15 Å². The van der Waals surface area contributed by atoms with Gasteiger partial charge in [-0.3, -0.25) is 4.79 Å². The quantitative estimate of drug-likeness (QED) is 0.858. The zero-order valence-corrected chi connectivity index (χ0v) is 11.7. The molecule has 1 atom stereocenters. The van der Waals surface area contributed by atoms with Crippen molar-refractivity contribution < 1.29 is 4.79 Å². The molecule has 1 N–H and O–H groups in total. The Hall–Kier alpha value is -1.87. The summed E-state index contributed by atoms with van der Waals surface area (Å²) in [5, 5.41) is 3.43. The van der Waals surface area contributed by atoms with Crippen molar-refractivity contribution in [1.29, 1.82) is 0 Å². The minimum atomic E-state index is -0.101. The summed E-state index contributed by atoms with van der Waals surface area (Å²) in [5.41, 5.74) is 3.11. The lowest BCUT2D eigenvalue weighted by Crippen LogP contribution is -2.31. The Bertz CT molecular complexity index is 642. The van der Waals surface area contributed by atoms with Crippen LogP contribution in [0.25, 0.3) is 0 Å². The van der Waals surface area contributed by atoms with Gasteiger partial charge in [-0.05, 0) is 42.5 Å². The van der Waals surface area contributed by atoms with E-state index in [9.17, 15) is 4.79 Å². The molecular formula is C16H15ClN2O. The highest BCUT2D eigenvalue weighted by molar-refractivity contribution is 6.29. The van der Waals surface area contributed by atoms with E-state index in [0.717, 1.165) is 19.3 Å². The van der Waals surface area contributed by atoms with Gasteiger partial charge in [0, 0.05) is 11.8 Å². The number of aromatic nitrogens is 1. The Labute approximate surface area is 123 Å². The van der Waals surface area contributed by atoms with Crippen LogP contribution >= 0.6 is 11.6 Å². The predicted octanol–water partition coefficient (Wildman–Crippen LogP) is 3.54. The third kappa shape index (κ3) is 2.68. The first-order valence-electron chi connectivity index (χ1n) is 6.74. The lowest BCUT2D eigenvalue weighted by atomic mass is 9.87. The second kappa shape index (κ2) is 5.63. The highest BCUT2D eigenvalue weighted by Crippen LogP contribution is 2.29. The zero-order valence-electron chi connectivity index (χ0n) is 11.0. The number of nitrogens with zero attached hydrogens (tertiary/aromatic N) is 1. The molecule has 0 fully saturated rings. The molecule has 102 valence electrons. The maximum atomic E-state index is 12.3. The molecule has 0 saturated heterocycles. The van der Waals surface area contributed by atoms with E-state index in [1.807, 2.05) is 12.1 Å². The molecule has 1 aromatic carbocycles. The van der Waals surface area contributed by atoms with Gasteiger partial charge in [-0.15, -0.1) is 0 Å². The molecule has 0 saturated carbocycles. The number of nitrogens with one attached hydrogen (secondary N) is 1. The molecule has 1 aromatic heterocycles. The molecule has 1 aliphatic rings. The van der Waals surface area contributed by atoms with Crippen molar-refractivity contribution in [1.82, 2.24) is 10.3 Å². The fraction of sp³-hybridized carbons (Fsp3) is 0.250. The first kappa shape index (κ1) is 13.1. The minimum absolute atomic E-state index is 0.0828. The van der Waals surface area contributed by atoms with Crippen molar-refractivity contribution in [3.63, 3.8) is 0 Å². The summed E-state index contributed by atoms with van der Waals surface area (Å²) >= 11 is 5.82. The summed E-state index contributed by atoms with van der Waals surface area (Å²) in [6.45, 7) is 0. The lowest BCUT2D eigenvalue weighted by Gasteiger charge is -2.26. The van der Waals surface area contributed by atoms with Gasteiger partial charge in [-0.1, -0.05) is 35.9 Å². The Morgan fingerprint density at radius 2 is 2.15 bits per heavy atom. The van der Waals surface area contributed by atoms with Gasteiger partial charge in [0.2, 0.25) is 0 Å². The number of halogens is 1. The van der Waals surface area contributed by atoms with E-state index in [1.54, 1.807) is 18.3 Å². The van der Waals surface area contributed by atoms with Gasteiger partial charge in [0.25, 0.3) is 5.91 Å². The molecule has 20 heavy (non-hydrogen) atoms. The predicted molar refractivity (Wildman–Crippen MR) is 78.8 cm³/mol. The van der Waals surface area contributed by atoms with Crippen molar-refractivity contribution in [2.24, 2.45) is 0 Å². The zero-order chi connectivity index (χ0) is 13.9. The first-order valence-corrected chi connectivity index (χ1v) is 7.12. The van der Waals surface area contributed by atoms with E-state index < -0.39 is 0 Å². The van der Waals surface area contributed by atoms with Crippen LogP contribution in [0, 0.1) is 0 Å². The van der Waals surface area contributed by atoms with E-state index >= 15 is 0 Å². The smallest absolute Gasteiger partial charge is 0.251 e. The van der Waals surface area contributed by atoms with Crippen LogP contribution in [0.3, 0.4) is 0 Å². The van der Waals surface area contributed by atoms with Crippen LogP contribution < -0.4 is 5.32 Å². The third-order valence-corrected chi connectivity index (χ3v) is 3.87. The van der Waals surface area contributed by atoms with Crippen LogP contribution in [-0.2, 0) is 6.42 Å². The van der Waals surface area contributed by atoms with Gasteiger partial charge >= 0.3 is 0 Å². The number of amides is 1. The Morgan fingerprint density at radius 3 is 3.00 bits per heavy atom. The molecule has 3 rings (SSSR count). The van der Waals surface area contributed by atoms with Crippen molar-refractivity contribution in [2.45, 2.75) is 25.3 Å². The topological polar surface area (TPSA) is 42.0 Å². The molecule has 4 heteroatoms. The number of hydrogen-bond acceptors (Lipinski definition) is 2. The normalized spacial score (nSPS) is 17.4. The van der Waals surface area contributed by atoms with Crippen molar-refractivity contribution >= 4 is 17.5 Å². The molecule has 1 aliphatic carbocycles. The molecule has 1 amide bonds. The molecular weight excluding hydrogens is 272 g/mol. The van der Waals surface area contributed by atoms with E-state index in [4.69, 9.17) is 11.6 Å². The van der Waals surface area contributed by atoms with Crippen LogP contribution in [0.2, 0.25) is 5.15 Å². The number of pyridine rings is 1. The molecule has 0 aliphatic heterocycles. The average Bonchev–Trinajstić information content (AvgIpc) is 2.47. The number of carbonyl (C=O) groups excluding carboxylic acids is 1. The van der Waals surface area contributed by atoms with Gasteiger partial charge in [0.15, 0.2) is 0 Å². The molecule has 0 unspecified atom stereocenters. The number of fused-ring (bicyclic) bond motifs is 1. The number of aryl methyl sites for hydroxylation is 1. The van der Waals surface area contributed by atoms with Crippen LogP contribution in [0.5, 0.6) is 0 Å². The summed E-state index contributed by atoms with van der Waals surface area (Å²) in [6.07, 6.45) is 4.70. The van der Waals surface area contributed by atoms with Crippen LogP contribution in [0.15, 0.2) is 42.6 Å². The highest BCUT2D eigenvalue weighted by atomic mass is 35.5. The van der Waals surface area contributed by atoms with Gasteiger partial charge < -0.3 is 5.32 Å². The second-order valence-corrected chi connectivity index (χ2v) is 5.37. The van der Waals surface area contributed by atoms with Crippen molar-refractivity contribution in [2.75, 3.05) is 0 Å². The maximum absolute atomic E-state index is 12.3. The monoisotopic (exact) mass is 286 g/mol. The molecule has 3 nitrogen and oxygen atoms in total. The number of hydrogen-bond donors (Lipinski definition) is 1. The molecule has 0 bridgehead atoms. The second-order valence-electron chi connectivity index (χ2n) is 4.98. The van der Waals surface area contributed by atoms with E-state index in [-0.39, 0.29) is 11.9 Å². The van der Waals surface area contributed by atoms with Gasteiger partial charge in [-0.2, -0.15) is 0 Å². The summed E-state index contributed by atoms with van der Waals surface area (Å²) in [5.74, 6) is -0.101.